The zero-order chi connectivity index (χ0) is 24.9. The van der Waals surface area contributed by atoms with Crippen LogP contribution in [0.1, 0.15) is 57.1 Å². The van der Waals surface area contributed by atoms with Crippen LogP contribution in [0.3, 0.4) is 0 Å². The summed E-state index contributed by atoms with van der Waals surface area (Å²) in [6.07, 6.45) is 5.97. The number of carboxylic acid groups (broad SMARTS) is 1. The second kappa shape index (κ2) is 15.1. The summed E-state index contributed by atoms with van der Waals surface area (Å²) in [5.41, 5.74) is 0.898. The van der Waals surface area contributed by atoms with Crippen molar-refractivity contribution in [1.82, 2.24) is 20.9 Å². The van der Waals surface area contributed by atoms with Gasteiger partial charge in [0.2, 0.25) is 0 Å². The number of ether oxygens (including phenoxy) is 1. The van der Waals surface area contributed by atoms with Crippen molar-refractivity contribution in [1.29, 1.82) is 0 Å². The van der Waals surface area contributed by atoms with Gasteiger partial charge in [-0.3, -0.25) is 0 Å². The van der Waals surface area contributed by atoms with E-state index in [4.69, 9.17) is 21.4 Å². The van der Waals surface area contributed by atoms with Gasteiger partial charge in [-0.25, -0.2) is 9.59 Å². The van der Waals surface area contributed by atoms with Gasteiger partial charge in [0.1, 0.15) is 0 Å². The van der Waals surface area contributed by atoms with Gasteiger partial charge >= 0.3 is 12.1 Å². The molecule has 8 nitrogen and oxygen atoms in total. The van der Waals surface area contributed by atoms with E-state index in [-0.39, 0.29) is 37.2 Å². The van der Waals surface area contributed by atoms with Gasteiger partial charge in [-0.15, -0.1) is 0 Å². The largest absolute Gasteiger partial charge is 0.465 e. The molecule has 0 aliphatic heterocycles. The Kier molecular flexibility index (Phi) is 12.5. The maximum atomic E-state index is 13.0. The molecule has 1 unspecified atom stereocenters. The van der Waals surface area contributed by atoms with E-state index in [0.29, 0.717) is 17.5 Å². The summed E-state index contributed by atoms with van der Waals surface area (Å²) >= 11 is 6.19. The fraction of sp³-hybridized carbons (Fsp3) is 0.680. The smallest absolute Gasteiger partial charge is 0.404 e. The number of carbonyl (C=O) groups is 2. The molecule has 0 aromatic heterocycles. The number of likely N-dealkylation sites (N-methyl/N-ethyl adjacent to an activating group) is 1. The lowest BCUT2D eigenvalue weighted by atomic mass is 9.85. The van der Waals surface area contributed by atoms with Crippen LogP contribution in [-0.2, 0) is 4.74 Å². The molecule has 4 N–H and O–H groups in total. The van der Waals surface area contributed by atoms with Crippen molar-refractivity contribution >= 4 is 23.7 Å². The molecule has 0 radical (unpaired) electrons. The minimum absolute atomic E-state index is 0.0415. The van der Waals surface area contributed by atoms with Gasteiger partial charge in [-0.2, -0.15) is 0 Å². The molecule has 1 aliphatic carbocycles. The average Bonchev–Trinajstić information content (AvgIpc) is 2.79. The van der Waals surface area contributed by atoms with E-state index < -0.39 is 6.09 Å². The van der Waals surface area contributed by atoms with E-state index in [1.165, 1.54) is 32.1 Å². The van der Waals surface area contributed by atoms with Gasteiger partial charge in [-0.05, 0) is 37.1 Å². The number of carbonyl (C=O) groups excluding carboxylic acids is 1. The van der Waals surface area contributed by atoms with Crippen molar-refractivity contribution in [3.05, 3.63) is 34.9 Å². The average molecular weight is 497 g/mol. The molecule has 3 amide bonds. The summed E-state index contributed by atoms with van der Waals surface area (Å²) in [5.74, 6) is 0.636. The molecule has 192 valence electrons. The van der Waals surface area contributed by atoms with Crippen LogP contribution in [0.4, 0.5) is 9.59 Å². The lowest BCUT2D eigenvalue weighted by Gasteiger charge is -2.31. The lowest BCUT2D eigenvalue weighted by Crippen LogP contribution is -2.48. The van der Waals surface area contributed by atoms with Crippen molar-refractivity contribution in [2.45, 2.75) is 57.6 Å². The van der Waals surface area contributed by atoms with Crippen molar-refractivity contribution in [2.75, 3.05) is 40.3 Å². The number of amides is 3. The maximum Gasteiger partial charge on any atom is 0.404 e. The summed E-state index contributed by atoms with van der Waals surface area (Å²) < 4.78 is 6.04. The van der Waals surface area contributed by atoms with Crippen LogP contribution < -0.4 is 16.0 Å². The molecular formula is C25H41ClN4O4. The predicted octanol–water partition coefficient (Wildman–Crippen LogP) is 4.50. The van der Waals surface area contributed by atoms with Gasteiger partial charge in [0, 0.05) is 43.7 Å². The van der Waals surface area contributed by atoms with E-state index in [1.807, 2.05) is 32.2 Å². The van der Waals surface area contributed by atoms with Crippen LogP contribution in [0.2, 0.25) is 5.02 Å². The van der Waals surface area contributed by atoms with Gasteiger partial charge in [0.25, 0.3) is 0 Å². The normalized spacial score (nSPS) is 16.9. The van der Waals surface area contributed by atoms with E-state index in [1.54, 1.807) is 18.0 Å². The highest BCUT2D eigenvalue weighted by atomic mass is 35.5. The standard InChI is InChI=1S/C25H41ClN4O4/c1-18(23(34-13-12-28-25(32)33)20-10-7-11-21(26)15-20)17-30(3)24(31)29-22(16-27-2)14-19-8-5-4-6-9-19/h7,10-11,15,18-19,22-23,27-28H,4-6,8-9,12-14,16-17H2,1-3H3,(H,29,31)(H,32,33)/t18?,22-,23+/m0/s1. The summed E-state index contributed by atoms with van der Waals surface area (Å²) in [6.45, 7) is 3.65. The summed E-state index contributed by atoms with van der Waals surface area (Å²) in [5, 5.41) is 18.1. The van der Waals surface area contributed by atoms with Crippen molar-refractivity contribution in [3.63, 3.8) is 0 Å². The first-order valence-electron chi connectivity index (χ1n) is 12.3. The molecular weight excluding hydrogens is 456 g/mol. The van der Waals surface area contributed by atoms with Gasteiger partial charge < -0.3 is 30.7 Å². The van der Waals surface area contributed by atoms with Crippen molar-refractivity contribution < 1.29 is 19.4 Å². The predicted molar refractivity (Wildman–Crippen MR) is 135 cm³/mol. The van der Waals surface area contributed by atoms with E-state index in [2.05, 4.69) is 16.0 Å². The second-order valence-electron chi connectivity index (χ2n) is 9.38. The van der Waals surface area contributed by atoms with Crippen LogP contribution in [0.15, 0.2) is 24.3 Å². The Morgan fingerprint density at radius 3 is 2.65 bits per heavy atom. The Bertz CT molecular complexity index is 760. The minimum atomic E-state index is -1.09. The fourth-order valence-electron chi connectivity index (χ4n) is 4.78. The van der Waals surface area contributed by atoms with E-state index in [0.717, 1.165) is 18.5 Å². The van der Waals surface area contributed by atoms with Crippen LogP contribution in [0.25, 0.3) is 0 Å². The SMILES string of the molecule is CNC[C@H](CC1CCCCC1)NC(=O)N(C)CC(C)[C@@H](OCCNC(=O)O)c1cccc(Cl)c1. The maximum absolute atomic E-state index is 13.0. The molecule has 1 aromatic carbocycles. The zero-order valence-electron chi connectivity index (χ0n) is 20.7. The van der Waals surface area contributed by atoms with E-state index >= 15 is 0 Å². The second-order valence-corrected chi connectivity index (χ2v) is 9.82. The fourth-order valence-corrected chi connectivity index (χ4v) is 4.98. The van der Waals surface area contributed by atoms with Crippen LogP contribution in [0, 0.1) is 11.8 Å². The molecule has 1 fully saturated rings. The first-order valence-corrected chi connectivity index (χ1v) is 12.7. The molecule has 34 heavy (non-hydrogen) atoms. The van der Waals surface area contributed by atoms with Crippen molar-refractivity contribution in [3.8, 4) is 0 Å². The molecule has 0 heterocycles. The van der Waals surface area contributed by atoms with Crippen LogP contribution >= 0.6 is 11.6 Å². The number of halogens is 1. The lowest BCUT2D eigenvalue weighted by molar-refractivity contribution is 0.0115. The summed E-state index contributed by atoms with van der Waals surface area (Å²) in [7, 11) is 3.71. The number of nitrogens with one attached hydrogen (secondary N) is 3. The Balaban J connectivity index is 1.97. The monoisotopic (exact) mass is 496 g/mol. The summed E-state index contributed by atoms with van der Waals surface area (Å²) in [6, 6.07) is 7.44. The van der Waals surface area contributed by atoms with Crippen LogP contribution in [-0.4, -0.2) is 68.5 Å². The Morgan fingerprint density at radius 2 is 2.00 bits per heavy atom. The molecule has 0 bridgehead atoms. The zero-order valence-corrected chi connectivity index (χ0v) is 21.4. The third kappa shape index (κ3) is 10.1. The third-order valence-electron chi connectivity index (χ3n) is 6.40. The molecule has 3 atom stereocenters. The molecule has 0 spiro atoms. The Hall–Kier alpha value is -2.03. The Labute approximate surface area is 208 Å². The summed E-state index contributed by atoms with van der Waals surface area (Å²) in [4.78, 5) is 25.4. The molecule has 9 heteroatoms. The van der Waals surface area contributed by atoms with Gasteiger partial charge in [0.05, 0.1) is 12.7 Å². The first kappa shape index (κ1) is 28.2. The number of hydrogen-bond donors (Lipinski definition) is 4. The highest BCUT2D eigenvalue weighted by molar-refractivity contribution is 6.30. The van der Waals surface area contributed by atoms with Gasteiger partial charge in [0.15, 0.2) is 0 Å². The number of urea groups is 1. The highest BCUT2D eigenvalue weighted by Crippen LogP contribution is 2.29. The first-order chi connectivity index (χ1) is 16.3. The number of hydrogen-bond acceptors (Lipinski definition) is 4. The topological polar surface area (TPSA) is 103 Å². The van der Waals surface area contributed by atoms with Crippen molar-refractivity contribution in [2.24, 2.45) is 11.8 Å². The van der Waals surface area contributed by atoms with Gasteiger partial charge in [-0.1, -0.05) is 62.8 Å². The Morgan fingerprint density at radius 1 is 1.26 bits per heavy atom. The molecule has 2 rings (SSSR count). The molecule has 1 saturated carbocycles. The van der Waals surface area contributed by atoms with Crippen LogP contribution in [0.5, 0.6) is 0 Å². The van der Waals surface area contributed by atoms with E-state index in [9.17, 15) is 9.59 Å². The number of benzene rings is 1. The molecule has 1 aliphatic rings. The quantitative estimate of drug-likeness (QED) is 0.301. The molecule has 0 saturated heterocycles. The highest BCUT2D eigenvalue weighted by Gasteiger charge is 2.25. The molecule has 1 aromatic rings. The number of nitrogens with zero attached hydrogens (tertiary/aromatic N) is 1. The minimum Gasteiger partial charge on any atom is -0.465 e. The number of rotatable bonds is 13. The third-order valence-corrected chi connectivity index (χ3v) is 6.63.